The molecule has 2 saturated heterocycles. The normalized spacial score (nSPS) is 19.9. The number of nitrogens with two attached hydrogens (primary N) is 2. The number of piperazine rings is 1. The van der Waals surface area contributed by atoms with Crippen molar-refractivity contribution in [3.05, 3.63) is 59.7 Å². The van der Waals surface area contributed by atoms with Gasteiger partial charge in [0.15, 0.2) is 0 Å². The van der Waals surface area contributed by atoms with Gasteiger partial charge in [0.25, 0.3) is 0 Å². The fourth-order valence-corrected chi connectivity index (χ4v) is 4.90. The smallest absolute Gasteiger partial charge is 0.325 e. The van der Waals surface area contributed by atoms with Gasteiger partial charge in [-0.05, 0) is 48.2 Å². The molecule has 2 fully saturated rings. The van der Waals surface area contributed by atoms with Gasteiger partial charge in [-0.1, -0.05) is 24.3 Å². The number of likely N-dealkylation sites (tertiary alicyclic amines) is 1. The molecule has 5 N–H and O–H groups in total. The molecule has 2 aliphatic heterocycles. The van der Waals surface area contributed by atoms with Crippen LogP contribution in [-0.4, -0.2) is 72.4 Å². The Labute approximate surface area is 189 Å². The fraction of sp³-hybridized carbons (Fsp3) is 0.417. The maximum atomic E-state index is 12.0. The summed E-state index contributed by atoms with van der Waals surface area (Å²) in [4.78, 5) is 19.1. The van der Waals surface area contributed by atoms with Crippen molar-refractivity contribution in [3.8, 4) is 0 Å². The van der Waals surface area contributed by atoms with Crippen LogP contribution in [0.2, 0.25) is 0 Å². The van der Waals surface area contributed by atoms with Crippen LogP contribution in [-0.2, 0) is 4.79 Å². The van der Waals surface area contributed by atoms with Crippen LogP contribution in [0.4, 0.5) is 11.4 Å². The Morgan fingerprint density at radius 3 is 2.16 bits per heavy atom. The lowest BCUT2D eigenvalue weighted by atomic mass is 9.97. The number of hydrazone groups is 1. The number of carboxylic acids is 1. The summed E-state index contributed by atoms with van der Waals surface area (Å²) in [5, 5.41) is 13.4. The van der Waals surface area contributed by atoms with Crippen molar-refractivity contribution < 1.29 is 9.90 Å². The average molecular weight is 437 g/mol. The Hall–Kier alpha value is -3.10. The highest BCUT2D eigenvalue weighted by atomic mass is 16.4. The number of aliphatic carboxylic acids is 1. The quantitative estimate of drug-likeness (QED) is 0.275. The average Bonchev–Trinajstić information content (AvgIpc) is 2.82. The van der Waals surface area contributed by atoms with Gasteiger partial charge >= 0.3 is 5.97 Å². The van der Waals surface area contributed by atoms with Gasteiger partial charge in [0.2, 0.25) is 0 Å². The monoisotopic (exact) mass is 436 g/mol. The molecule has 32 heavy (non-hydrogen) atoms. The predicted molar refractivity (Wildman–Crippen MR) is 128 cm³/mol. The van der Waals surface area contributed by atoms with E-state index in [0.29, 0.717) is 11.7 Å². The number of nitrogen functional groups attached to an aromatic ring is 1. The number of hydrogen-bond donors (Lipinski definition) is 3. The summed E-state index contributed by atoms with van der Waals surface area (Å²) >= 11 is 0. The number of carbonyl (C=O) groups is 1. The van der Waals surface area contributed by atoms with Crippen molar-refractivity contribution in [2.24, 2.45) is 10.9 Å². The van der Waals surface area contributed by atoms with E-state index in [-0.39, 0.29) is 0 Å². The van der Waals surface area contributed by atoms with Crippen LogP contribution in [0.5, 0.6) is 0 Å². The van der Waals surface area contributed by atoms with Crippen molar-refractivity contribution in [2.45, 2.75) is 24.9 Å². The van der Waals surface area contributed by atoms with E-state index in [1.54, 1.807) is 18.3 Å². The molecule has 0 aromatic heterocycles. The van der Waals surface area contributed by atoms with Crippen LogP contribution in [0.3, 0.4) is 0 Å². The third-order valence-corrected chi connectivity index (χ3v) is 6.66. The largest absolute Gasteiger partial charge is 0.480 e. The zero-order valence-electron chi connectivity index (χ0n) is 18.3. The summed E-state index contributed by atoms with van der Waals surface area (Å²) in [7, 11) is 0. The van der Waals surface area contributed by atoms with Gasteiger partial charge in [-0.15, -0.1) is 0 Å². The topological polar surface area (TPSA) is 111 Å². The van der Waals surface area contributed by atoms with Crippen molar-refractivity contribution in [3.63, 3.8) is 0 Å². The second-order valence-corrected chi connectivity index (χ2v) is 8.57. The predicted octanol–water partition coefficient (Wildman–Crippen LogP) is 1.97. The van der Waals surface area contributed by atoms with E-state index in [9.17, 15) is 9.90 Å². The van der Waals surface area contributed by atoms with Gasteiger partial charge in [0, 0.05) is 56.7 Å². The minimum atomic E-state index is -0.800. The summed E-state index contributed by atoms with van der Waals surface area (Å²) in [6.45, 7) is 5.61. The van der Waals surface area contributed by atoms with E-state index in [0.717, 1.165) is 63.2 Å². The molecule has 1 atom stereocenters. The molecule has 4 rings (SSSR count). The molecular formula is C24H32N6O2. The number of piperidine rings is 1. The first-order valence-corrected chi connectivity index (χ1v) is 11.2. The maximum Gasteiger partial charge on any atom is 0.325 e. The van der Waals surface area contributed by atoms with Crippen molar-refractivity contribution in [1.82, 2.24) is 9.80 Å². The zero-order valence-corrected chi connectivity index (χ0v) is 18.3. The van der Waals surface area contributed by atoms with Crippen LogP contribution in [0, 0.1) is 0 Å². The van der Waals surface area contributed by atoms with Gasteiger partial charge in [0.1, 0.15) is 6.04 Å². The number of benzene rings is 2. The third-order valence-electron chi connectivity index (χ3n) is 6.66. The Morgan fingerprint density at radius 1 is 0.969 bits per heavy atom. The van der Waals surface area contributed by atoms with Crippen LogP contribution in [0.15, 0.2) is 53.6 Å². The molecule has 2 aliphatic rings. The lowest BCUT2D eigenvalue weighted by molar-refractivity contribution is -0.144. The third kappa shape index (κ3) is 5.03. The van der Waals surface area contributed by atoms with E-state index >= 15 is 0 Å². The van der Waals surface area contributed by atoms with Gasteiger partial charge in [0.05, 0.1) is 6.21 Å². The summed E-state index contributed by atoms with van der Waals surface area (Å²) in [5.74, 6) is 4.42. The fourth-order valence-electron chi connectivity index (χ4n) is 4.90. The molecule has 2 heterocycles. The van der Waals surface area contributed by atoms with Gasteiger partial charge in [-0.3, -0.25) is 14.6 Å². The molecule has 170 valence electrons. The Kier molecular flexibility index (Phi) is 6.92. The SMILES string of the molecule is NN=Cc1ccc(N2CCN(C3CCN(C(C(=O)O)c4ccc(N)cc4)CC3)CC2)cc1. The molecule has 2 aromatic rings. The van der Waals surface area contributed by atoms with Gasteiger partial charge in [-0.2, -0.15) is 5.10 Å². The molecular weight excluding hydrogens is 404 g/mol. The number of carboxylic acid groups (broad SMARTS) is 1. The van der Waals surface area contributed by atoms with Gasteiger partial charge in [-0.25, -0.2) is 0 Å². The van der Waals surface area contributed by atoms with Crippen molar-refractivity contribution >= 4 is 23.6 Å². The Morgan fingerprint density at radius 2 is 1.59 bits per heavy atom. The van der Waals surface area contributed by atoms with Crippen molar-refractivity contribution in [1.29, 1.82) is 0 Å². The summed E-state index contributed by atoms with van der Waals surface area (Å²) in [6, 6.07) is 15.4. The first kappa shape index (κ1) is 22.1. The maximum absolute atomic E-state index is 12.0. The van der Waals surface area contributed by atoms with Crippen LogP contribution >= 0.6 is 0 Å². The lowest BCUT2D eigenvalue weighted by Gasteiger charge is -2.44. The van der Waals surface area contributed by atoms with E-state index < -0.39 is 12.0 Å². The molecule has 8 heteroatoms. The molecule has 1 unspecified atom stereocenters. The van der Waals surface area contributed by atoms with E-state index in [1.165, 1.54) is 5.69 Å². The molecule has 0 radical (unpaired) electrons. The number of nitrogens with zero attached hydrogens (tertiary/aromatic N) is 4. The highest BCUT2D eigenvalue weighted by Crippen LogP contribution is 2.28. The molecule has 8 nitrogen and oxygen atoms in total. The summed E-state index contributed by atoms with van der Waals surface area (Å²) in [6.07, 6.45) is 3.63. The number of rotatable bonds is 6. The number of anilines is 2. The summed E-state index contributed by atoms with van der Waals surface area (Å²) < 4.78 is 0. The second-order valence-electron chi connectivity index (χ2n) is 8.57. The van der Waals surface area contributed by atoms with Gasteiger partial charge < -0.3 is 21.6 Å². The lowest BCUT2D eigenvalue weighted by Crippen LogP contribution is -2.54. The van der Waals surface area contributed by atoms with Crippen molar-refractivity contribution in [2.75, 3.05) is 49.9 Å². The van der Waals surface area contributed by atoms with E-state index in [4.69, 9.17) is 11.6 Å². The van der Waals surface area contributed by atoms with Crippen LogP contribution < -0.4 is 16.5 Å². The first-order valence-electron chi connectivity index (χ1n) is 11.2. The first-order chi connectivity index (χ1) is 15.5. The molecule has 0 spiro atoms. The minimum absolute atomic E-state index is 0.511. The Bertz CT molecular complexity index is 915. The zero-order chi connectivity index (χ0) is 22.5. The highest BCUT2D eigenvalue weighted by Gasteiger charge is 2.33. The molecule has 0 saturated carbocycles. The number of hydrogen-bond acceptors (Lipinski definition) is 7. The summed E-state index contributed by atoms with van der Waals surface area (Å²) in [5.41, 5.74) is 9.44. The van der Waals surface area contributed by atoms with E-state index in [2.05, 4.69) is 31.9 Å². The Balaban J connectivity index is 1.30. The molecule has 0 bridgehead atoms. The molecule has 0 amide bonds. The molecule has 2 aromatic carbocycles. The standard InChI is InChI=1S/C24H32N6O2/c25-20-5-3-19(4-6-20)23(24(31)32)30-11-9-22(10-12-30)29-15-13-28(14-16-29)21-7-1-18(2-8-21)17-27-26/h1-8,17,22-23H,9-16,25-26H2,(H,31,32). The highest BCUT2D eigenvalue weighted by molar-refractivity contribution is 5.80. The minimum Gasteiger partial charge on any atom is -0.480 e. The van der Waals surface area contributed by atoms with Crippen LogP contribution in [0.25, 0.3) is 0 Å². The van der Waals surface area contributed by atoms with Crippen LogP contribution in [0.1, 0.15) is 30.0 Å². The second kappa shape index (κ2) is 10.0. The van der Waals surface area contributed by atoms with E-state index in [1.807, 2.05) is 24.3 Å². The molecule has 0 aliphatic carbocycles.